The second-order valence-electron chi connectivity index (χ2n) is 8.34. The minimum Gasteiger partial charge on any atom is -0.496 e. The van der Waals surface area contributed by atoms with Gasteiger partial charge in [-0.3, -0.25) is 4.79 Å². The zero-order valence-electron chi connectivity index (χ0n) is 18.7. The average Bonchev–Trinajstić information content (AvgIpc) is 3.31. The maximum absolute atomic E-state index is 13.9. The Labute approximate surface area is 192 Å². The number of hydrogen-bond acceptors (Lipinski definition) is 5. The molecule has 3 heterocycles. The average molecular weight is 448 g/mol. The Bertz CT molecular complexity index is 1180. The molecule has 2 atom stereocenters. The molecule has 8 heteroatoms. The Hall–Kier alpha value is -3.68. The fourth-order valence-corrected chi connectivity index (χ4v) is 4.80. The monoisotopic (exact) mass is 447 g/mol. The van der Waals surface area contributed by atoms with Gasteiger partial charge in [0.05, 0.1) is 19.3 Å². The molecule has 0 bridgehead atoms. The van der Waals surface area contributed by atoms with Gasteiger partial charge in [-0.2, -0.15) is 5.10 Å². The summed E-state index contributed by atoms with van der Waals surface area (Å²) in [6.45, 7) is 4.46. The van der Waals surface area contributed by atoms with Crippen LogP contribution < -0.4 is 9.64 Å². The summed E-state index contributed by atoms with van der Waals surface area (Å²) in [5.74, 6) is 0.754. The van der Waals surface area contributed by atoms with Gasteiger partial charge < -0.3 is 14.5 Å². The highest BCUT2D eigenvalue weighted by atomic mass is 19.1. The van der Waals surface area contributed by atoms with Crippen molar-refractivity contribution in [3.05, 3.63) is 72.2 Å². The molecule has 1 amide bonds. The molecular weight excluding hydrogens is 421 g/mol. The quantitative estimate of drug-likeness (QED) is 0.612. The van der Waals surface area contributed by atoms with Crippen LogP contribution in [0.5, 0.6) is 5.75 Å². The fraction of sp³-hybridized carbons (Fsp3) is 0.320. The molecule has 1 fully saturated rings. The minimum absolute atomic E-state index is 0.0343. The molecule has 2 aliphatic heterocycles. The van der Waals surface area contributed by atoms with E-state index in [4.69, 9.17) is 4.74 Å². The molecule has 5 rings (SSSR count). The van der Waals surface area contributed by atoms with Crippen molar-refractivity contribution >= 4 is 23.1 Å². The number of nitrogens with zero attached hydrogens (tertiary/aromatic N) is 5. The molecule has 170 valence electrons. The van der Waals surface area contributed by atoms with E-state index in [2.05, 4.69) is 15.0 Å². The maximum atomic E-state index is 13.9. The van der Waals surface area contributed by atoms with Gasteiger partial charge in [-0.15, -0.1) is 0 Å². The Balaban J connectivity index is 1.42. The van der Waals surface area contributed by atoms with Crippen molar-refractivity contribution in [3.63, 3.8) is 0 Å². The summed E-state index contributed by atoms with van der Waals surface area (Å²) in [6.07, 6.45) is 1.71. The fourth-order valence-electron chi connectivity index (χ4n) is 4.80. The van der Waals surface area contributed by atoms with Crippen LogP contribution in [0.1, 0.15) is 18.5 Å². The van der Waals surface area contributed by atoms with Crippen molar-refractivity contribution in [2.75, 3.05) is 38.2 Å². The molecule has 0 radical (unpaired) electrons. The first-order valence-electron chi connectivity index (χ1n) is 11.1. The lowest BCUT2D eigenvalue weighted by Gasteiger charge is -2.40. The van der Waals surface area contributed by atoms with Crippen molar-refractivity contribution in [3.8, 4) is 5.75 Å². The predicted molar refractivity (Wildman–Crippen MR) is 125 cm³/mol. The van der Waals surface area contributed by atoms with Crippen LogP contribution in [0, 0.1) is 11.7 Å². The number of para-hydroxylation sites is 1. The normalized spacial score (nSPS) is 20.3. The van der Waals surface area contributed by atoms with E-state index in [0.717, 1.165) is 28.5 Å². The first kappa shape index (κ1) is 21.2. The highest BCUT2D eigenvalue weighted by Gasteiger charge is 2.41. The van der Waals surface area contributed by atoms with E-state index in [0.29, 0.717) is 26.2 Å². The van der Waals surface area contributed by atoms with Crippen LogP contribution in [0.2, 0.25) is 0 Å². The van der Waals surface area contributed by atoms with Gasteiger partial charge in [-0.05, 0) is 37.3 Å². The van der Waals surface area contributed by atoms with Crippen LogP contribution in [0.15, 0.2) is 65.8 Å². The second kappa shape index (κ2) is 8.69. The molecule has 0 aliphatic carbocycles. The number of methoxy groups -OCH3 is 1. The summed E-state index contributed by atoms with van der Waals surface area (Å²) in [6, 6.07) is 15.8. The molecule has 0 saturated carbocycles. The summed E-state index contributed by atoms with van der Waals surface area (Å²) in [4.78, 5) is 22.6. The third kappa shape index (κ3) is 3.86. The van der Waals surface area contributed by atoms with E-state index >= 15 is 0 Å². The first-order chi connectivity index (χ1) is 16.1. The number of amides is 1. The summed E-state index contributed by atoms with van der Waals surface area (Å²) in [5.41, 5.74) is 2.64. The van der Waals surface area contributed by atoms with Crippen LogP contribution in [0.25, 0.3) is 0 Å². The Morgan fingerprint density at radius 2 is 1.76 bits per heavy atom. The lowest BCUT2D eigenvalue weighted by Crippen LogP contribution is -2.53. The highest BCUT2D eigenvalue weighted by molar-refractivity contribution is 6.05. The van der Waals surface area contributed by atoms with Crippen molar-refractivity contribution < 1.29 is 13.9 Å². The van der Waals surface area contributed by atoms with Gasteiger partial charge in [0.2, 0.25) is 5.91 Å². The van der Waals surface area contributed by atoms with Gasteiger partial charge in [0.25, 0.3) is 0 Å². The molecule has 2 unspecified atom stereocenters. The van der Waals surface area contributed by atoms with Crippen LogP contribution in [-0.4, -0.2) is 59.6 Å². The van der Waals surface area contributed by atoms with Crippen molar-refractivity contribution in [1.29, 1.82) is 0 Å². The number of halogens is 1. The number of ether oxygens (including phenoxy) is 1. The van der Waals surface area contributed by atoms with Crippen LogP contribution in [0.4, 0.5) is 15.9 Å². The molecule has 0 spiro atoms. The molecule has 1 saturated heterocycles. The zero-order valence-corrected chi connectivity index (χ0v) is 18.7. The summed E-state index contributed by atoms with van der Waals surface area (Å²) in [5, 5.41) is 4.51. The van der Waals surface area contributed by atoms with Crippen molar-refractivity contribution in [2.24, 2.45) is 10.9 Å². The minimum atomic E-state index is -0.480. The van der Waals surface area contributed by atoms with Crippen LogP contribution in [0.3, 0.4) is 0 Å². The molecular formula is C25H26FN5O2. The number of hydrogen-bond donors (Lipinski definition) is 0. The van der Waals surface area contributed by atoms with Crippen molar-refractivity contribution in [2.45, 2.75) is 13.0 Å². The number of carbonyl (C=O) groups excluding carboxylic acids is 1. The van der Waals surface area contributed by atoms with Gasteiger partial charge in [-0.25, -0.2) is 14.1 Å². The number of piperazine rings is 1. The van der Waals surface area contributed by atoms with Gasteiger partial charge in [0.15, 0.2) is 5.82 Å². The smallest absolute Gasteiger partial charge is 0.234 e. The Kier molecular flexibility index (Phi) is 5.58. The highest BCUT2D eigenvalue weighted by Crippen LogP contribution is 2.40. The van der Waals surface area contributed by atoms with Gasteiger partial charge in [0, 0.05) is 49.2 Å². The molecule has 2 aromatic carbocycles. The van der Waals surface area contributed by atoms with E-state index in [1.807, 2.05) is 46.8 Å². The zero-order chi connectivity index (χ0) is 22.9. The van der Waals surface area contributed by atoms with Gasteiger partial charge >= 0.3 is 0 Å². The van der Waals surface area contributed by atoms with Crippen LogP contribution in [-0.2, 0) is 4.79 Å². The second-order valence-corrected chi connectivity index (χ2v) is 8.34. The molecule has 3 aromatic rings. The first-order valence-corrected chi connectivity index (χ1v) is 11.1. The van der Waals surface area contributed by atoms with E-state index < -0.39 is 5.92 Å². The summed E-state index contributed by atoms with van der Waals surface area (Å²) in [7, 11) is 1.64. The lowest BCUT2D eigenvalue weighted by atomic mass is 9.86. The molecule has 33 heavy (non-hydrogen) atoms. The third-order valence-corrected chi connectivity index (χ3v) is 6.48. The predicted octanol–water partition coefficient (Wildman–Crippen LogP) is 3.69. The van der Waals surface area contributed by atoms with Crippen LogP contribution >= 0.6 is 0 Å². The number of aliphatic imine (C=N–C) groups is 1. The molecule has 7 nitrogen and oxygen atoms in total. The van der Waals surface area contributed by atoms with Gasteiger partial charge in [-0.1, -0.05) is 18.2 Å². The Morgan fingerprint density at radius 1 is 1.03 bits per heavy atom. The van der Waals surface area contributed by atoms with E-state index in [9.17, 15) is 9.18 Å². The maximum Gasteiger partial charge on any atom is 0.234 e. The lowest BCUT2D eigenvalue weighted by molar-refractivity contribution is -0.134. The van der Waals surface area contributed by atoms with E-state index in [1.165, 1.54) is 12.1 Å². The number of rotatable bonds is 4. The molecule has 0 N–H and O–H groups in total. The standard InChI is InChI=1S/C25H26FN5O2/c1-17-23(25(32)30-15-13-29(14-16-30)19-9-7-18(26)8-10-19)24(31-22(28-17)11-12-27-31)20-5-3-4-6-21(20)33-2/h3-12,23-24H,13-16H2,1-2H3. The summed E-state index contributed by atoms with van der Waals surface area (Å²) < 4.78 is 20.7. The summed E-state index contributed by atoms with van der Waals surface area (Å²) >= 11 is 0. The number of benzene rings is 2. The number of anilines is 1. The molecule has 2 aliphatic rings. The van der Waals surface area contributed by atoms with Crippen molar-refractivity contribution in [1.82, 2.24) is 14.7 Å². The third-order valence-electron chi connectivity index (χ3n) is 6.48. The SMILES string of the molecule is COc1ccccc1C1C(C(=O)N2CCN(c3ccc(F)cc3)CC2)C(C)=Nc2ccnn21. The Morgan fingerprint density at radius 3 is 2.48 bits per heavy atom. The largest absolute Gasteiger partial charge is 0.496 e. The number of carbonyl (C=O) groups is 1. The van der Waals surface area contributed by atoms with Gasteiger partial charge in [0.1, 0.15) is 17.5 Å². The van der Waals surface area contributed by atoms with E-state index in [-0.39, 0.29) is 17.8 Å². The topological polar surface area (TPSA) is 63.0 Å². The van der Waals surface area contributed by atoms with E-state index in [1.54, 1.807) is 25.4 Å². The molecule has 1 aromatic heterocycles. The number of aromatic nitrogens is 2. The number of fused-ring (bicyclic) bond motifs is 1.